The SMILES string of the molecule is CSCC[C@H](NC(=O)c1ccc(Cl)cc1)C(=O)OCC(=O)NCCc1ccc(Cl)cc1. The van der Waals surface area contributed by atoms with E-state index in [4.69, 9.17) is 27.9 Å². The lowest BCUT2D eigenvalue weighted by Crippen LogP contribution is -2.43. The summed E-state index contributed by atoms with van der Waals surface area (Å²) < 4.78 is 5.12. The van der Waals surface area contributed by atoms with E-state index in [0.717, 1.165) is 5.56 Å². The van der Waals surface area contributed by atoms with Crippen LogP contribution in [0.4, 0.5) is 0 Å². The maximum Gasteiger partial charge on any atom is 0.329 e. The van der Waals surface area contributed by atoms with Gasteiger partial charge in [-0.1, -0.05) is 35.3 Å². The molecule has 0 saturated carbocycles. The van der Waals surface area contributed by atoms with Gasteiger partial charge in [0.05, 0.1) is 0 Å². The monoisotopic (exact) mass is 482 g/mol. The Kier molecular flexibility index (Phi) is 10.7. The summed E-state index contributed by atoms with van der Waals surface area (Å²) in [5.74, 6) is -0.820. The average molecular weight is 483 g/mol. The van der Waals surface area contributed by atoms with Crippen molar-refractivity contribution >= 4 is 52.7 Å². The molecule has 1 atom stereocenters. The van der Waals surface area contributed by atoms with E-state index in [1.54, 1.807) is 48.2 Å². The van der Waals surface area contributed by atoms with Crippen LogP contribution in [0, 0.1) is 0 Å². The van der Waals surface area contributed by atoms with Crippen LogP contribution in [0.25, 0.3) is 0 Å². The van der Waals surface area contributed by atoms with Gasteiger partial charge in [-0.2, -0.15) is 11.8 Å². The van der Waals surface area contributed by atoms with Crippen LogP contribution in [-0.4, -0.2) is 49.0 Å². The third-order valence-electron chi connectivity index (χ3n) is 4.30. The minimum atomic E-state index is -0.850. The van der Waals surface area contributed by atoms with Crippen LogP contribution in [-0.2, 0) is 20.7 Å². The minimum absolute atomic E-state index is 0.381. The summed E-state index contributed by atoms with van der Waals surface area (Å²) in [6, 6.07) is 12.8. The van der Waals surface area contributed by atoms with E-state index in [1.807, 2.05) is 18.4 Å². The predicted octanol–water partition coefficient (Wildman–Crippen LogP) is 3.75. The molecule has 0 unspecified atom stereocenters. The lowest BCUT2D eigenvalue weighted by Gasteiger charge is -2.17. The van der Waals surface area contributed by atoms with Gasteiger partial charge >= 0.3 is 5.97 Å². The van der Waals surface area contributed by atoms with E-state index in [9.17, 15) is 14.4 Å². The molecule has 0 fully saturated rings. The molecule has 0 aromatic heterocycles. The van der Waals surface area contributed by atoms with Gasteiger partial charge in [0.15, 0.2) is 6.61 Å². The number of carbonyl (C=O) groups excluding carboxylic acids is 3. The van der Waals surface area contributed by atoms with Crippen molar-refractivity contribution in [2.75, 3.05) is 25.2 Å². The standard InChI is InChI=1S/C22H24Cl2N2O4S/c1-31-13-11-19(26-21(28)16-4-8-18(24)9-5-16)22(29)30-14-20(27)25-12-10-15-2-6-17(23)7-3-15/h2-9,19H,10-14H2,1H3,(H,25,27)(H,26,28)/t19-/m0/s1. The highest BCUT2D eigenvalue weighted by Gasteiger charge is 2.23. The predicted molar refractivity (Wildman–Crippen MR) is 125 cm³/mol. The smallest absolute Gasteiger partial charge is 0.329 e. The Labute approximate surface area is 196 Å². The molecule has 166 valence electrons. The second-order valence-electron chi connectivity index (χ2n) is 6.65. The summed E-state index contributed by atoms with van der Waals surface area (Å²) in [5, 5.41) is 6.53. The summed E-state index contributed by atoms with van der Waals surface area (Å²) in [6.45, 7) is -0.00669. The zero-order valence-corrected chi connectivity index (χ0v) is 19.4. The molecule has 2 amide bonds. The number of carbonyl (C=O) groups is 3. The number of nitrogens with one attached hydrogen (secondary N) is 2. The summed E-state index contributed by atoms with van der Waals surface area (Å²) in [7, 11) is 0. The molecule has 0 radical (unpaired) electrons. The molecule has 2 aromatic rings. The number of benzene rings is 2. The molecule has 31 heavy (non-hydrogen) atoms. The Morgan fingerprint density at radius 3 is 2.23 bits per heavy atom. The molecule has 0 spiro atoms. The van der Waals surface area contributed by atoms with Crippen LogP contribution in [0.2, 0.25) is 10.0 Å². The lowest BCUT2D eigenvalue weighted by atomic mass is 10.1. The molecule has 0 aliphatic heterocycles. The molecule has 6 nitrogen and oxygen atoms in total. The fraction of sp³-hybridized carbons (Fsp3) is 0.318. The van der Waals surface area contributed by atoms with Crippen molar-refractivity contribution in [3.63, 3.8) is 0 Å². The van der Waals surface area contributed by atoms with Crippen LogP contribution >= 0.6 is 35.0 Å². The Morgan fingerprint density at radius 1 is 1.00 bits per heavy atom. The molecule has 9 heteroatoms. The van der Waals surface area contributed by atoms with Crippen molar-refractivity contribution in [1.82, 2.24) is 10.6 Å². The molecule has 0 saturated heterocycles. The first-order valence-electron chi connectivity index (χ1n) is 9.62. The number of thioether (sulfide) groups is 1. The quantitative estimate of drug-likeness (QED) is 0.476. The van der Waals surface area contributed by atoms with E-state index >= 15 is 0 Å². The maximum absolute atomic E-state index is 12.4. The maximum atomic E-state index is 12.4. The van der Waals surface area contributed by atoms with E-state index < -0.39 is 30.4 Å². The number of amides is 2. The molecule has 0 heterocycles. The zero-order chi connectivity index (χ0) is 22.6. The average Bonchev–Trinajstić information content (AvgIpc) is 2.76. The highest BCUT2D eigenvalue weighted by molar-refractivity contribution is 7.98. The number of esters is 1. The summed E-state index contributed by atoms with van der Waals surface area (Å²) in [4.78, 5) is 36.8. The Bertz CT molecular complexity index is 876. The number of hydrogen-bond acceptors (Lipinski definition) is 5. The molecule has 0 aliphatic carbocycles. The molecule has 2 aromatic carbocycles. The Hall–Kier alpha value is -2.22. The van der Waals surface area contributed by atoms with Gasteiger partial charge in [0, 0.05) is 22.2 Å². The van der Waals surface area contributed by atoms with Gasteiger partial charge in [0.1, 0.15) is 6.04 Å². The van der Waals surface area contributed by atoms with Gasteiger partial charge in [0.25, 0.3) is 11.8 Å². The van der Waals surface area contributed by atoms with E-state index in [2.05, 4.69) is 10.6 Å². The number of rotatable bonds is 11. The molecule has 2 N–H and O–H groups in total. The van der Waals surface area contributed by atoms with Crippen LogP contribution in [0.5, 0.6) is 0 Å². The first kappa shape index (κ1) is 25.0. The summed E-state index contributed by atoms with van der Waals surface area (Å²) >= 11 is 13.2. The van der Waals surface area contributed by atoms with Gasteiger partial charge in [-0.05, 0) is 66.8 Å². The second-order valence-corrected chi connectivity index (χ2v) is 8.51. The third kappa shape index (κ3) is 9.21. The van der Waals surface area contributed by atoms with Crippen molar-refractivity contribution < 1.29 is 19.1 Å². The first-order chi connectivity index (χ1) is 14.9. The Morgan fingerprint density at radius 2 is 1.61 bits per heavy atom. The summed E-state index contributed by atoms with van der Waals surface area (Å²) in [5.41, 5.74) is 1.41. The van der Waals surface area contributed by atoms with E-state index in [0.29, 0.717) is 40.7 Å². The molecule has 0 bridgehead atoms. The van der Waals surface area contributed by atoms with Crippen molar-refractivity contribution in [2.45, 2.75) is 18.9 Å². The zero-order valence-electron chi connectivity index (χ0n) is 17.0. The molecule has 0 aliphatic rings. The Balaban J connectivity index is 1.80. The first-order valence-corrected chi connectivity index (χ1v) is 11.8. The highest BCUT2D eigenvalue weighted by atomic mass is 35.5. The van der Waals surface area contributed by atoms with Crippen molar-refractivity contribution in [1.29, 1.82) is 0 Å². The van der Waals surface area contributed by atoms with Crippen molar-refractivity contribution in [2.24, 2.45) is 0 Å². The van der Waals surface area contributed by atoms with Crippen molar-refractivity contribution in [3.05, 3.63) is 69.7 Å². The fourth-order valence-corrected chi connectivity index (χ4v) is 3.34. The third-order valence-corrected chi connectivity index (χ3v) is 5.45. The topological polar surface area (TPSA) is 84.5 Å². The molecular formula is C22H24Cl2N2O4S. The van der Waals surface area contributed by atoms with Gasteiger partial charge in [-0.3, -0.25) is 9.59 Å². The number of hydrogen-bond donors (Lipinski definition) is 2. The van der Waals surface area contributed by atoms with E-state index in [1.165, 1.54) is 0 Å². The number of ether oxygens (including phenoxy) is 1. The van der Waals surface area contributed by atoms with Crippen LogP contribution in [0.3, 0.4) is 0 Å². The van der Waals surface area contributed by atoms with Crippen LogP contribution < -0.4 is 10.6 Å². The minimum Gasteiger partial charge on any atom is -0.454 e. The normalized spacial score (nSPS) is 11.5. The van der Waals surface area contributed by atoms with Gasteiger partial charge in [-0.15, -0.1) is 0 Å². The van der Waals surface area contributed by atoms with Crippen molar-refractivity contribution in [3.8, 4) is 0 Å². The largest absolute Gasteiger partial charge is 0.454 e. The fourth-order valence-electron chi connectivity index (χ4n) is 2.61. The van der Waals surface area contributed by atoms with E-state index in [-0.39, 0.29) is 0 Å². The number of halogens is 2. The second kappa shape index (κ2) is 13.2. The van der Waals surface area contributed by atoms with Crippen LogP contribution in [0.1, 0.15) is 22.3 Å². The molecule has 2 rings (SSSR count). The van der Waals surface area contributed by atoms with Gasteiger partial charge < -0.3 is 15.4 Å². The van der Waals surface area contributed by atoms with Crippen LogP contribution in [0.15, 0.2) is 48.5 Å². The lowest BCUT2D eigenvalue weighted by molar-refractivity contribution is -0.150. The van der Waals surface area contributed by atoms with Gasteiger partial charge in [-0.25, -0.2) is 4.79 Å². The molecular weight excluding hydrogens is 459 g/mol. The van der Waals surface area contributed by atoms with Gasteiger partial charge in [0.2, 0.25) is 0 Å². The highest BCUT2D eigenvalue weighted by Crippen LogP contribution is 2.11. The summed E-state index contributed by atoms with van der Waals surface area (Å²) in [6.07, 6.45) is 2.92.